The molecule has 0 aliphatic carbocycles. The lowest BCUT2D eigenvalue weighted by Crippen LogP contribution is -2.29. The third-order valence-corrected chi connectivity index (χ3v) is 5.28. The van der Waals surface area contributed by atoms with E-state index >= 15 is 0 Å². The molecule has 1 saturated heterocycles. The van der Waals surface area contributed by atoms with Crippen molar-refractivity contribution in [1.29, 1.82) is 0 Å². The molecule has 0 spiro atoms. The summed E-state index contributed by atoms with van der Waals surface area (Å²) in [6.45, 7) is 4.32. The smallest absolute Gasteiger partial charge is 0.128 e. The fourth-order valence-electron chi connectivity index (χ4n) is 3.38. The van der Waals surface area contributed by atoms with E-state index in [0.29, 0.717) is 0 Å². The van der Waals surface area contributed by atoms with Gasteiger partial charge in [0.15, 0.2) is 0 Å². The predicted molar refractivity (Wildman–Crippen MR) is 112 cm³/mol. The molecule has 4 nitrogen and oxygen atoms in total. The van der Waals surface area contributed by atoms with E-state index < -0.39 is 0 Å². The van der Waals surface area contributed by atoms with E-state index in [0.717, 1.165) is 59.4 Å². The molecule has 0 atom stereocenters. The summed E-state index contributed by atoms with van der Waals surface area (Å²) in [6, 6.07) is 16.2. The summed E-state index contributed by atoms with van der Waals surface area (Å²) >= 11 is 5.96. The normalized spacial score (nSPS) is 15.6. The molecule has 0 N–H and O–H groups in total. The van der Waals surface area contributed by atoms with Gasteiger partial charge in [0, 0.05) is 48.2 Å². The Morgan fingerprint density at radius 2 is 1.48 bits per heavy atom. The number of likely N-dealkylation sites (N-methyl/N-ethyl adjacent to an activating group) is 1. The molecule has 5 heteroatoms. The summed E-state index contributed by atoms with van der Waals surface area (Å²) in [5, 5.41) is 0.741. The van der Waals surface area contributed by atoms with Crippen molar-refractivity contribution in [2.45, 2.75) is 6.42 Å². The average molecular weight is 379 g/mol. The van der Waals surface area contributed by atoms with Gasteiger partial charge < -0.3 is 9.80 Å². The number of rotatable bonds is 3. The number of anilines is 1. The van der Waals surface area contributed by atoms with E-state index in [4.69, 9.17) is 11.6 Å². The number of aromatic nitrogens is 2. The zero-order valence-corrected chi connectivity index (χ0v) is 16.2. The number of pyridine rings is 2. The Morgan fingerprint density at radius 3 is 2.19 bits per heavy atom. The second kappa shape index (κ2) is 8.07. The Balaban J connectivity index is 1.49. The lowest BCUT2D eigenvalue weighted by atomic mass is 10.1. The Hall–Kier alpha value is -2.43. The second-order valence-corrected chi connectivity index (χ2v) is 7.42. The van der Waals surface area contributed by atoms with E-state index in [2.05, 4.69) is 45.0 Å². The molecule has 1 aliphatic heterocycles. The van der Waals surface area contributed by atoms with E-state index in [-0.39, 0.29) is 0 Å². The van der Waals surface area contributed by atoms with Crippen molar-refractivity contribution in [3.8, 4) is 22.4 Å². The molecule has 0 unspecified atom stereocenters. The lowest BCUT2D eigenvalue weighted by Gasteiger charge is -2.21. The van der Waals surface area contributed by atoms with Gasteiger partial charge >= 0.3 is 0 Å². The highest BCUT2D eigenvalue weighted by Crippen LogP contribution is 2.24. The van der Waals surface area contributed by atoms with Crippen molar-refractivity contribution in [1.82, 2.24) is 14.9 Å². The van der Waals surface area contributed by atoms with Gasteiger partial charge in [0.2, 0.25) is 0 Å². The van der Waals surface area contributed by atoms with Gasteiger partial charge in [-0.1, -0.05) is 29.8 Å². The largest absolute Gasteiger partial charge is 0.355 e. The molecule has 27 heavy (non-hydrogen) atoms. The molecule has 1 aromatic carbocycles. The maximum atomic E-state index is 5.96. The maximum absolute atomic E-state index is 5.96. The van der Waals surface area contributed by atoms with Gasteiger partial charge in [0.1, 0.15) is 5.82 Å². The fraction of sp³-hybridized carbons (Fsp3) is 0.273. The minimum atomic E-state index is 0.741. The van der Waals surface area contributed by atoms with Gasteiger partial charge in [0.25, 0.3) is 0 Å². The summed E-state index contributed by atoms with van der Waals surface area (Å²) < 4.78 is 0. The monoisotopic (exact) mass is 378 g/mol. The minimum absolute atomic E-state index is 0.741. The molecule has 0 bridgehead atoms. The molecule has 2 aromatic heterocycles. The molecule has 3 aromatic rings. The van der Waals surface area contributed by atoms with Crippen LogP contribution in [0.2, 0.25) is 5.02 Å². The molecule has 1 aliphatic rings. The molecule has 4 rings (SSSR count). The topological polar surface area (TPSA) is 32.3 Å². The highest BCUT2D eigenvalue weighted by molar-refractivity contribution is 6.30. The molecule has 0 amide bonds. The van der Waals surface area contributed by atoms with Crippen LogP contribution >= 0.6 is 11.6 Å². The Labute approximate surface area is 165 Å². The zero-order chi connectivity index (χ0) is 18.6. The first kappa shape index (κ1) is 18.0. The second-order valence-electron chi connectivity index (χ2n) is 6.99. The van der Waals surface area contributed by atoms with E-state index in [1.807, 2.05) is 42.7 Å². The Morgan fingerprint density at radius 1 is 0.741 bits per heavy atom. The van der Waals surface area contributed by atoms with Crippen molar-refractivity contribution in [2.75, 3.05) is 38.1 Å². The lowest BCUT2D eigenvalue weighted by molar-refractivity contribution is 0.360. The number of hydrogen-bond donors (Lipinski definition) is 0. The first-order valence-electron chi connectivity index (χ1n) is 9.31. The van der Waals surface area contributed by atoms with Crippen LogP contribution in [-0.2, 0) is 0 Å². The van der Waals surface area contributed by atoms with Crippen LogP contribution in [0.5, 0.6) is 0 Å². The van der Waals surface area contributed by atoms with Crippen molar-refractivity contribution in [3.63, 3.8) is 0 Å². The van der Waals surface area contributed by atoms with Crippen LogP contribution in [0.25, 0.3) is 22.4 Å². The summed E-state index contributed by atoms with van der Waals surface area (Å²) in [6.07, 6.45) is 5.00. The van der Waals surface area contributed by atoms with Crippen molar-refractivity contribution < 1.29 is 0 Å². The van der Waals surface area contributed by atoms with E-state index in [9.17, 15) is 0 Å². The fourth-order valence-corrected chi connectivity index (χ4v) is 3.50. The number of halogens is 1. The molecule has 138 valence electrons. The van der Waals surface area contributed by atoms with Crippen LogP contribution < -0.4 is 4.90 Å². The van der Waals surface area contributed by atoms with Gasteiger partial charge in [-0.05, 0) is 55.9 Å². The molecular weight excluding hydrogens is 356 g/mol. The van der Waals surface area contributed by atoms with Crippen LogP contribution in [0.4, 0.5) is 5.82 Å². The maximum Gasteiger partial charge on any atom is 0.128 e. The van der Waals surface area contributed by atoms with E-state index in [1.165, 1.54) is 6.42 Å². The number of benzene rings is 1. The van der Waals surface area contributed by atoms with Crippen LogP contribution in [0.3, 0.4) is 0 Å². The van der Waals surface area contributed by atoms with Crippen LogP contribution in [0, 0.1) is 0 Å². The van der Waals surface area contributed by atoms with Crippen molar-refractivity contribution >= 4 is 17.4 Å². The van der Waals surface area contributed by atoms with Crippen LogP contribution in [-0.4, -0.2) is 48.1 Å². The van der Waals surface area contributed by atoms with Crippen LogP contribution in [0.15, 0.2) is 60.9 Å². The average Bonchev–Trinajstić information content (AvgIpc) is 2.93. The standard InChI is InChI=1S/C22H23ClN4/c1-26-11-2-12-27(14-13-26)22-10-6-19(16-25-22)21-9-5-18(15-24-21)17-3-7-20(23)8-4-17/h3-10,15-16H,2,11-14H2,1H3. The van der Waals surface area contributed by atoms with Gasteiger partial charge in [-0.3, -0.25) is 4.98 Å². The van der Waals surface area contributed by atoms with E-state index in [1.54, 1.807) is 0 Å². The van der Waals surface area contributed by atoms with Gasteiger partial charge in [-0.2, -0.15) is 0 Å². The summed E-state index contributed by atoms with van der Waals surface area (Å²) in [5.74, 6) is 1.05. The third-order valence-electron chi connectivity index (χ3n) is 5.03. The van der Waals surface area contributed by atoms with Crippen molar-refractivity contribution in [2.24, 2.45) is 0 Å². The summed E-state index contributed by atoms with van der Waals surface area (Å²) in [5.41, 5.74) is 4.16. The first-order chi connectivity index (χ1) is 13.2. The predicted octanol–water partition coefficient (Wildman–Crippen LogP) is 4.61. The first-order valence-corrected chi connectivity index (χ1v) is 9.69. The third kappa shape index (κ3) is 4.29. The Kier molecular flexibility index (Phi) is 5.37. The summed E-state index contributed by atoms with van der Waals surface area (Å²) in [4.78, 5) is 14.1. The van der Waals surface area contributed by atoms with Crippen LogP contribution in [0.1, 0.15) is 6.42 Å². The van der Waals surface area contributed by atoms with Gasteiger partial charge in [0.05, 0.1) is 5.69 Å². The Bertz CT molecular complexity index is 876. The zero-order valence-electron chi connectivity index (χ0n) is 15.5. The molecule has 1 fully saturated rings. The molecule has 0 saturated carbocycles. The van der Waals surface area contributed by atoms with Gasteiger partial charge in [-0.25, -0.2) is 4.98 Å². The molecule has 3 heterocycles. The minimum Gasteiger partial charge on any atom is -0.355 e. The highest BCUT2D eigenvalue weighted by atomic mass is 35.5. The van der Waals surface area contributed by atoms with Gasteiger partial charge in [-0.15, -0.1) is 0 Å². The number of nitrogens with zero attached hydrogens (tertiary/aromatic N) is 4. The molecule has 0 radical (unpaired) electrons. The quantitative estimate of drug-likeness (QED) is 0.666. The van der Waals surface area contributed by atoms with Crippen molar-refractivity contribution in [3.05, 3.63) is 65.9 Å². The highest BCUT2D eigenvalue weighted by Gasteiger charge is 2.13. The number of hydrogen-bond acceptors (Lipinski definition) is 4. The summed E-state index contributed by atoms with van der Waals surface area (Å²) in [7, 11) is 2.18. The molecular formula is C22H23ClN4. The SMILES string of the molecule is CN1CCCN(c2ccc(-c3ccc(-c4ccc(Cl)cc4)cn3)cn2)CC1.